The van der Waals surface area contributed by atoms with Gasteiger partial charge in [-0.05, 0) is 32.0 Å². The zero-order chi connectivity index (χ0) is 19.0. The first-order chi connectivity index (χ1) is 13.0. The van der Waals surface area contributed by atoms with Gasteiger partial charge in [0, 0.05) is 23.5 Å². The highest BCUT2D eigenvalue weighted by Gasteiger charge is 2.16. The zero-order valence-corrected chi connectivity index (χ0v) is 15.7. The summed E-state index contributed by atoms with van der Waals surface area (Å²) in [5.41, 5.74) is 5.26. The summed E-state index contributed by atoms with van der Waals surface area (Å²) in [6.07, 6.45) is 1.58. The molecule has 0 saturated carbocycles. The number of fused-ring (bicyclic) bond motifs is 1. The van der Waals surface area contributed by atoms with Crippen molar-refractivity contribution in [3.8, 4) is 11.3 Å². The Balaban J connectivity index is 1.70. The van der Waals surface area contributed by atoms with Gasteiger partial charge in [0.1, 0.15) is 0 Å². The van der Waals surface area contributed by atoms with E-state index >= 15 is 0 Å². The second-order valence-corrected chi connectivity index (χ2v) is 6.76. The van der Waals surface area contributed by atoms with Gasteiger partial charge in [-0.25, -0.2) is 9.50 Å². The van der Waals surface area contributed by atoms with Crippen LogP contribution in [0.15, 0.2) is 60.8 Å². The van der Waals surface area contributed by atoms with E-state index in [4.69, 9.17) is 11.6 Å². The molecule has 4 aromatic rings. The highest BCUT2D eigenvalue weighted by Crippen LogP contribution is 2.27. The summed E-state index contributed by atoms with van der Waals surface area (Å²) in [7, 11) is 0. The highest BCUT2D eigenvalue weighted by molar-refractivity contribution is 6.33. The number of aromatic nitrogens is 3. The molecule has 27 heavy (non-hydrogen) atoms. The van der Waals surface area contributed by atoms with Crippen LogP contribution < -0.4 is 5.32 Å². The van der Waals surface area contributed by atoms with Crippen molar-refractivity contribution < 1.29 is 4.79 Å². The average molecular weight is 377 g/mol. The molecule has 134 valence electrons. The topological polar surface area (TPSA) is 59.3 Å². The number of anilines is 1. The first-order valence-electron chi connectivity index (χ1n) is 8.51. The number of aryl methyl sites for hydroxylation is 2. The molecule has 0 spiro atoms. The summed E-state index contributed by atoms with van der Waals surface area (Å²) in [4.78, 5) is 17.1. The Bertz CT molecular complexity index is 1150. The van der Waals surface area contributed by atoms with E-state index in [0.717, 1.165) is 16.8 Å². The molecule has 0 aliphatic carbocycles. The Morgan fingerprint density at radius 3 is 2.56 bits per heavy atom. The lowest BCUT2D eigenvalue weighted by atomic mass is 10.1. The van der Waals surface area contributed by atoms with Crippen LogP contribution in [0.5, 0.6) is 0 Å². The van der Waals surface area contributed by atoms with Crippen LogP contribution >= 0.6 is 11.6 Å². The average Bonchev–Trinajstić information content (AvgIpc) is 3.09. The highest BCUT2D eigenvalue weighted by atomic mass is 35.5. The van der Waals surface area contributed by atoms with E-state index in [1.807, 2.05) is 68.4 Å². The predicted molar refractivity (Wildman–Crippen MR) is 107 cm³/mol. The lowest BCUT2D eigenvalue weighted by Gasteiger charge is -2.08. The van der Waals surface area contributed by atoms with Gasteiger partial charge in [0.2, 0.25) is 0 Å². The number of nitrogens with zero attached hydrogens (tertiary/aromatic N) is 3. The van der Waals surface area contributed by atoms with Gasteiger partial charge in [0.15, 0.2) is 5.65 Å². The molecule has 0 aliphatic heterocycles. The minimum Gasteiger partial charge on any atom is -0.322 e. The van der Waals surface area contributed by atoms with Crippen LogP contribution in [0.3, 0.4) is 0 Å². The molecule has 2 aromatic heterocycles. The molecule has 0 saturated heterocycles. The number of hydrogen-bond donors (Lipinski definition) is 1. The van der Waals surface area contributed by atoms with Crippen molar-refractivity contribution in [2.24, 2.45) is 0 Å². The minimum absolute atomic E-state index is 0.222. The molecule has 6 heteroatoms. The van der Waals surface area contributed by atoms with Gasteiger partial charge in [-0.3, -0.25) is 4.79 Å². The number of carbonyl (C=O) groups excluding carboxylic acids is 1. The quantitative estimate of drug-likeness (QED) is 0.552. The maximum absolute atomic E-state index is 12.7. The van der Waals surface area contributed by atoms with Crippen LogP contribution in [-0.2, 0) is 0 Å². The van der Waals surface area contributed by atoms with Crippen molar-refractivity contribution in [3.63, 3.8) is 0 Å². The van der Waals surface area contributed by atoms with Crippen LogP contribution in [0.1, 0.15) is 21.6 Å². The van der Waals surface area contributed by atoms with E-state index in [-0.39, 0.29) is 5.91 Å². The molecule has 2 aromatic carbocycles. The first-order valence-corrected chi connectivity index (χ1v) is 8.89. The Labute approximate surface area is 161 Å². The van der Waals surface area contributed by atoms with E-state index in [2.05, 4.69) is 15.4 Å². The molecule has 0 aliphatic rings. The maximum Gasteiger partial charge on any atom is 0.259 e. The fourth-order valence-corrected chi connectivity index (χ4v) is 3.14. The van der Waals surface area contributed by atoms with Gasteiger partial charge >= 0.3 is 0 Å². The SMILES string of the molecule is Cc1ccc(NC(=O)c2cnc3cc(-c4ccccc4Cl)nn3c2C)cc1. The third kappa shape index (κ3) is 3.29. The van der Waals surface area contributed by atoms with Crippen molar-refractivity contribution in [2.45, 2.75) is 13.8 Å². The summed E-state index contributed by atoms with van der Waals surface area (Å²) < 4.78 is 1.67. The van der Waals surface area contributed by atoms with E-state index in [1.165, 1.54) is 0 Å². The summed E-state index contributed by atoms with van der Waals surface area (Å²) in [6, 6.07) is 17.0. The molecule has 0 unspecified atom stereocenters. The smallest absolute Gasteiger partial charge is 0.259 e. The predicted octanol–water partition coefficient (Wildman–Crippen LogP) is 4.92. The molecule has 0 radical (unpaired) electrons. The summed E-state index contributed by atoms with van der Waals surface area (Å²) in [5, 5.41) is 8.11. The van der Waals surface area contributed by atoms with Gasteiger partial charge in [0.25, 0.3) is 5.91 Å². The fraction of sp³-hybridized carbons (Fsp3) is 0.0952. The van der Waals surface area contributed by atoms with Crippen molar-refractivity contribution in [1.82, 2.24) is 14.6 Å². The number of rotatable bonds is 3. The van der Waals surface area contributed by atoms with Gasteiger partial charge < -0.3 is 5.32 Å². The van der Waals surface area contributed by atoms with Gasteiger partial charge in [-0.2, -0.15) is 5.10 Å². The van der Waals surface area contributed by atoms with Crippen molar-refractivity contribution in [3.05, 3.63) is 82.6 Å². The van der Waals surface area contributed by atoms with Crippen molar-refractivity contribution in [2.75, 3.05) is 5.32 Å². The van der Waals surface area contributed by atoms with Crippen LogP contribution in [-0.4, -0.2) is 20.5 Å². The van der Waals surface area contributed by atoms with Gasteiger partial charge in [-0.15, -0.1) is 0 Å². The normalized spacial score (nSPS) is 10.9. The number of benzene rings is 2. The van der Waals surface area contributed by atoms with E-state index in [9.17, 15) is 4.79 Å². The number of amides is 1. The zero-order valence-electron chi connectivity index (χ0n) is 14.9. The summed E-state index contributed by atoms with van der Waals surface area (Å²) in [5.74, 6) is -0.222. The lowest BCUT2D eigenvalue weighted by molar-refractivity contribution is 0.102. The molecular weight excluding hydrogens is 360 g/mol. The molecule has 1 N–H and O–H groups in total. The van der Waals surface area contributed by atoms with Crippen LogP contribution in [0.2, 0.25) is 5.02 Å². The number of nitrogens with one attached hydrogen (secondary N) is 1. The van der Waals surface area contributed by atoms with Gasteiger partial charge in [0.05, 0.1) is 22.0 Å². The molecule has 0 fully saturated rings. The molecule has 1 amide bonds. The second kappa shape index (κ2) is 6.85. The summed E-state index contributed by atoms with van der Waals surface area (Å²) >= 11 is 6.28. The van der Waals surface area contributed by atoms with Crippen LogP contribution in [0, 0.1) is 13.8 Å². The Hall–Kier alpha value is -3.18. The van der Waals surface area contributed by atoms with E-state index in [1.54, 1.807) is 10.7 Å². The lowest BCUT2D eigenvalue weighted by Crippen LogP contribution is -2.16. The van der Waals surface area contributed by atoms with Crippen molar-refractivity contribution >= 4 is 28.8 Å². The monoisotopic (exact) mass is 376 g/mol. The first kappa shape index (κ1) is 17.2. The number of carbonyl (C=O) groups is 1. The fourth-order valence-electron chi connectivity index (χ4n) is 2.91. The van der Waals surface area contributed by atoms with E-state index < -0.39 is 0 Å². The molecule has 0 atom stereocenters. The molecule has 5 nitrogen and oxygen atoms in total. The standard InChI is InChI=1S/C21H17ClN4O/c1-13-7-9-15(10-8-13)24-21(27)17-12-23-20-11-19(25-26(20)14(17)2)16-5-3-4-6-18(16)22/h3-12H,1-2H3,(H,24,27). The summed E-state index contributed by atoms with van der Waals surface area (Å²) in [6.45, 7) is 3.85. The van der Waals surface area contributed by atoms with Crippen molar-refractivity contribution in [1.29, 1.82) is 0 Å². The Morgan fingerprint density at radius 2 is 1.81 bits per heavy atom. The van der Waals surface area contributed by atoms with E-state index in [0.29, 0.717) is 27.6 Å². The molecule has 0 bridgehead atoms. The second-order valence-electron chi connectivity index (χ2n) is 6.36. The molecule has 4 rings (SSSR count). The Kier molecular flexibility index (Phi) is 4.38. The molecular formula is C21H17ClN4O. The van der Waals surface area contributed by atoms with Crippen LogP contribution in [0.4, 0.5) is 5.69 Å². The molecule has 2 heterocycles. The van der Waals surface area contributed by atoms with Gasteiger partial charge in [-0.1, -0.05) is 47.5 Å². The number of halogens is 1. The Morgan fingerprint density at radius 1 is 1.07 bits per heavy atom. The van der Waals surface area contributed by atoms with Crippen LogP contribution in [0.25, 0.3) is 16.9 Å². The largest absolute Gasteiger partial charge is 0.322 e. The maximum atomic E-state index is 12.7. The third-order valence-electron chi connectivity index (χ3n) is 4.43. The minimum atomic E-state index is -0.222. The third-order valence-corrected chi connectivity index (χ3v) is 4.76. The number of hydrogen-bond acceptors (Lipinski definition) is 3.